The molecule has 0 spiro atoms. The summed E-state index contributed by atoms with van der Waals surface area (Å²) in [6, 6.07) is 10.8. The van der Waals surface area contributed by atoms with Gasteiger partial charge in [0.05, 0.1) is 12.3 Å². The summed E-state index contributed by atoms with van der Waals surface area (Å²) in [5, 5.41) is 33.3. The zero-order chi connectivity index (χ0) is 19.4. The van der Waals surface area contributed by atoms with Crippen molar-refractivity contribution in [2.75, 3.05) is 6.61 Å². The molecule has 2 aromatic carbocycles. The summed E-state index contributed by atoms with van der Waals surface area (Å²) in [7, 11) is 0. The number of hydrogen-bond donors (Lipinski definition) is 3. The molecule has 0 amide bonds. The van der Waals surface area contributed by atoms with Gasteiger partial charge in [0, 0.05) is 23.4 Å². The van der Waals surface area contributed by atoms with Crippen molar-refractivity contribution >= 4 is 12.0 Å². The highest BCUT2D eigenvalue weighted by molar-refractivity contribution is 5.88. The minimum atomic E-state index is -0.477. The number of rotatable bonds is 5. The molecule has 1 heterocycles. The largest absolute Gasteiger partial charge is 0.508 e. The molecule has 1 aromatic heterocycles. The summed E-state index contributed by atoms with van der Waals surface area (Å²) >= 11 is 0. The number of phenols is 3. The quantitative estimate of drug-likeness (QED) is 0.364. The Kier molecular flexibility index (Phi) is 5.12. The molecule has 138 valence electrons. The van der Waals surface area contributed by atoms with Crippen molar-refractivity contribution < 1.29 is 24.9 Å². The van der Waals surface area contributed by atoms with Gasteiger partial charge >= 0.3 is 5.97 Å². The average molecular weight is 366 g/mol. The highest BCUT2D eigenvalue weighted by Crippen LogP contribution is 2.32. The van der Waals surface area contributed by atoms with Gasteiger partial charge in [-0.15, -0.1) is 0 Å². The predicted octanol–water partition coefficient (Wildman–Crippen LogP) is 3.23. The lowest BCUT2D eigenvalue weighted by molar-refractivity contribution is -0.137. The van der Waals surface area contributed by atoms with Gasteiger partial charge in [0.2, 0.25) is 0 Å². The van der Waals surface area contributed by atoms with E-state index in [2.05, 4.69) is 5.10 Å². The maximum Gasteiger partial charge on any atom is 0.330 e. The molecule has 0 bridgehead atoms. The second kappa shape index (κ2) is 7.65. The van der Waals surface area contributed by atoms with E-state index in [0.717, 1.165) is 0 Å². The van der Waals surface area contributed by atoms with Crippen molar-refractivity contribution in [3.8, 4) is 34.2 Å². The summed E-state index contributed by atoms with van der Waals surface area (Å²) in [4.78, 5) is 11.6. The van der Waals surface area contributed by atoms with Gasteiger partial charge in [0.1, 0.15) is 11.4 Å². The van der Waals surface area contributed by atoms with Gasteiger partial charge in [-0.05, 0) is 55.5 Å². The Labute approximate surface area is 155 Å². The Morgan fingerprint density at radius 2 is 1.85 bits per heavy atom. The molecule has 0 saturated heterocycles. The normalized spacial score (nSPS) is 11.0. The molecule has 0 aliphatic rings. The van der Waals surface area contributed by atoms with Crippen molar-refractivity contribution in [2.24, 2.45) is 0 Å². The first-order valence-electron chi connectivity index (χ1n) is 8.24. The van der Waals surface area contributed by atoms with Crippen LogP contribution in [0.15, 0.2) is 54.7 Å². The number of carbonyl (C=O) groups is 1. The minimum absolute atomic E-state index is 0.136. The number of benzene rings is 2. The van der Waals surface area contributed by atoms with E-state index in [9.17, 15) is 20.1 Å². The second-order valence-corrected chi connectivity index (χ2v) is 5.68. The number of esters is 1. The van der Waals surface area contributed by atoms with E-state index in [1.54, 1.807) is 42.1 Å². The predicted molar refractivity (Wildman–Crippen MR) is 99.7 cm³/mol. The molecule has 3 rings (SSSR count). The lowest BCUT2D eigenvalue weighted by Gasteiger charge is -2.03. The fourth-order valence-corrected chi connectivity index (χ4v) is 2.49. The van der Waals surface area contributed by atoms with Gasteiger partial charge in [-0.3, -0.25) is 0 Å². The highest BCUT2D eigenvalue weighted by atomic mass is 16.5. The lowest BCUT2D eigenvalue weighted by atomic mass is 10.1. The van der Waals surface area contributed by atoms with Crippen LogP contribution in [0.4, 0.5) is 0 Å². The maximum atomic E-state index is 11.6. The lowest BCUT2D eigenvalue weighted by Crippen LogP contribution is -1.98. The third-order valence-corrected chi connectivity index (χ3v) is 3.79. The Morgan fingerprint density at radius 3 is 2.52 bits per heavy atom. The Balaban J connectivity index is 2.07. The molecule has 7 nitrogen and oxygen atoms in total. The summed E-state index contributed by atoms with van der Waals surface area (Å²) in [6.45, 7) is 1.99. The van der Waals surface area contributed by atoms with Gasteiger partial charge in [0.25, 0.3) is 0 Å². The van der Waals surface area contributed by atoms with Crippen molar-refractivity contribution in [3.63, 3.8) is 0 Å². The number of ether oxygens (including phenoxy) is 1. The van der Waals surface area contributed by atoms with Gasteiger partial charge in [-0.1, -0.05) is 0 Å². The smallest absolute Gasteiger partial charge is 0.330 e. The van der Waals surface area contributed by atoms with Gasteiger partial charge in [-0.2, -0.15) is 5.10 Å². The summed E-state index contributed by atoms with van der Waals surface area (Å²) in [5.74, 6) is -0.848. The van der Waals surface area contributed by atoms with Crippen molar-refractivity contribution in [1.29, 1.82) is 0 Å². The van der Waals surface area contributed by atoms with Crippen LogP contribution in [-0.4, -0.2) is 37.7 Å². The van der Waals surface area contributed by atoms with Gasteiger partial charge in [0.15, 0.2) is 11.5 Å². The number of hydrogen-bond acceptors (Lipinski definition) is 6. The van der Waals surface area contributed by atoms with E-state index in [0.29, 0.717) is 22.5 Å². The van der Waals surface area contributed by atoms with Crippen LogP contribution in [0.25, 0.3) is 23.0 Å². The van der Waals surface area contributed by atoms with Crippen LogP contribution < -0.4 is 0 Å². The molecular weight excluding hydrogens is 348 g/mol. The van der Waals surface area contributed by atoms with E-state index < -0.39 is 5.97 Å². The van der Waals surface area contributed by atoms with Crippen molar-refractivity contribution in [2.45, 2.75) is 6.92 Å². The molecule has 0 saturated carbocycles. The monoisotopic (exact) mass is 366 g/mol. The van der Waals surface area contributed by atoms with E-state index in [-0.39, 0.29) is 23.9 Å². The van der Waals surface area contributed by atoms with E-state index in [1.807, 2.05) is 0 Å². The number of aromatic hydroxyl groups is 3. The van der Waals surface area contributed by atoms with Crippen LogP contribution >= 0.6 is 0 Å². The van der Waals surface area contributed by atoms with Gasteiger partial charge < -0.3 is 20.1 Å². The number of carbonyl (C=O) groups excluding carboxylic acids is 1. The molecule has 0 atom stereocenters. The molecule has 0 unspecified atom stereocenters. The topological polar surface area (TPSA) is 105 Å². The molecule has 0 radical (unpaired) electrons. The Morgan fingerprint density at radius 1 is 1.11 bits per heavy atom. The minimum Gasteiger partial charge on any atom is -0.508 e. The van der Waals surface area contributed by atoms with Crippen molar-refractivity contribution in [3.05, 3.63) is 60.3 Å². The zero-order valence-corrected chi connectivity index (χ0v) is 14.5. The van der Waals surface area contributed by atoms with Crippen LogP contribution in [-0.2, 0) is 9.53 Å². The fourth-order valence-electron chi connectivity index (χ4n) is 2.49. The first kappa shape index (κ1) is 18.1. The summed E-state index contributed by atoms with van der Waals surface area (Å²) in [6.07, 6.45) is 4.58. The van der Waals surface area contributed by atoms with Gasteiger partial charge in [-0.25, -0.2) is 9.48 Å². The Bertz CT molecular complexity index is 990. The third kappa shape index (κ3) is 4.09. The number of aromatic nitrogens is 2. The third-order valence-electron chi connectivity index (χ3n) is 3.79. The van der Waals surface area contributed by atoms with Crippen LogP contribution in [0, 0.1) is 0 Å². The average Bonchev–Trinajstić information content (AvgIpc) is 3.07. The number of phenolic OH excluding ortho intramolecular Hbond substituents is 3. The molecule has 3 N–H and O–H groups in total. The molecule has 0 fully saturated rings. The van der Waals surface area contributed by atoms with E-state index in [4.69, 9.17) is 4.74 Å². The molecular formula is C20H18N2O5. The zero-order valence-electron chi connectivity index (χ0n) is 14.5. The molecule has 0 aliphatic carbocycles. The SMILES string of the molecule is CCOC(=O)/C=C/c1cn(-c2ccc(O)cc2)nc1-c1ccc(O)c(O)c1. The van der Waals surface area contributed by atoms with E-state index in [1.165, 1.54) is 30.3 Å². The summed E-state index contributed by atoms with van der Waals surface area (Å²) in [5.41, 5.74) is 2.37. The first-order chi connectivity index (χ1) is 13.0. The molecule has 7 heteroatoms. The first-order valence-corrected chi connectivity index (χ1v) is 8.24. The second-order valence-electron chi connectivity index (χ2n) is 5.68. The maximum absolute atomic E-state index is 11.6. The standard InChI is InChI=1S/C20H18N2O5/c1-2-27-19(26)10-4-14-12-22(15-5-7-16(23)8-6-15)21-20(14)13-3-9-17(24)18(25)11-13/h3-12,23-25H,2H2,1H3/b10-4+. The molecule has 0 aliphatic heterocycles. The Hall–Kier alpha value is -3.74. The van der Waals surface area contributed by atoms with E-state index >= 15 is 0 Å². The van der Waals surface area contributed by atoms with Crippen molar-refractivity contribution in [1.82, 2.24) is 9.78 Å². The van der Waals surface area contributed by atoms with Crippen LogP contribution in [0.3, 0.4) is 0 Å². The highest BCUT2D eigenvalue weighted by Gasteiger charge is 2.13. The van der Waals surface area contributed by atoms with Crippen LogP contribution in [0.2, 0.25) is 0 Å². The molecule has 3 aromatic rings. The van der Waals surface area contributed by atoms with Crippen LogP contribution in [0.1, 0.15) is 12.5 Å². The molecule has 27 heavy (non-hydrogen) atoms. The number of nitrogens with zero attached hydrogens (tertiary/aromatic N) is 2. The fraction of sp³-hybridized carbons (Fsp3) is 0.100. The summed E-state index contributed by atoms with van der Waals surface area (Å²) < 4.78 is 6.48. The van der Waals surface area contributed by atoms with Crippen LogP contribution in [0.5, 0.6) is 17.2 Å².